The number of hydrogen-bond donors (Lipinski definition) is 4. The van der Waals surface area contributed by atoms with Crippen LogP contribution in [0.5, 0.6) is 11.5 Å². The number of rotatable bonds is 5. The minimum Gasteiger partial charge on any atom is -0.454 e. The highest BCUT2D eigenvalue weighted by Crippen LogP contribution is 2.50. The highest BCUT2D eigenvalue weighted by molar-refractivity contribution is 7.21. The molecule has 212 valence electrons. The number of ketones is 1. The van der Waals surface area contributed by atoms with Gasteiger partial charge in [0.2, 0.25) is 0 Å². The van der Waals surface area contributed by atoms with Crippen molar-refractivity contribution in [1.29, 1.82) is 0 Å². The number of ether oxygens (including phenoxy) is 1. The molecular formula is C31H32FN5O3S. The number of likely N-dealkylation sites (N-methyl/N-ethyl adjacent to an activating group) is 1. The Labute approximate surface area is 241 Å². The fraction of sp³-hybridized carbons (Fsp3) is 0.290. The van der Waals surface area contributed by atoms with Crippen molar-refractivity contribution in [2.24, 2.45) is 11.5 Å². The summed E-state index contributed by atoms with van der Waals surface area (Å²) in [6.07, 6.45) is 1.85. The van der Waals surface area contributed by atoms with Gasteiger partial charge in [-0.2, -0.15) is 0 Å². The van der Waals surface area contributed by atoms with E-state index in [2.05, 4.69) is 10.2 Å². The standard InChI is InChI=1S/C31H32FN5O3S/c1-16-13-23(40-18-8-4-3-5-9-18)21(32)14-20(16)31(35)19-10-11-22(33)27-24(19)25(26(34)29(31)38)28(41-27)30(39)36-17-7-6-12-37(2)15-17/h3-5,8-11,13-14,17,26H,6-7,12,15,33-35H2,1-2H3,(H,36,39). The van der Waals surface area contributed by atoms with Crippen LogP contribution in [0.3, 0.4) is 0 Å². The predicted octanol–water partition coefficient (Wildman–Crippen LogP) is 4.33. The number of anilines is 1. The number of likely N-dealkylation sites (tertiary alicyclic amines) is 1. The molecule has 0 spiro atoms. The summed E-state index contributed by atoms with van der Waals surface area (Å²) in [5, 5.41) is 3.71. The average molecular weight is 574 g/mol. The number of halogens is 1. The molecule has 1 aliphatic heterocycles. The van der Waals surface area contributed by atoms with Gasteiger partial charge >= 0.3 is 0 Å². The van der Waals surface area contributed by atoms with Crippen LogP contribution in [-0.2, 0) is 10.3 Å². The molecule has 0 saturated carbocycles. The quantitative estimate of drug-likeness (QED) is 0.261. The molecule has 0 bridgehead atoms. The molecule has 41 heavy (non-hydrogen) atoms. The number of carbonyl (C=O) groups is 2. The molecule has 2 heterocycles. The maximum absolute atomic E-state index is 15.5. The number of Topliss-reactive ketones (excluding diaryl/α,β-unsaturated/α-hetero) is 1. The van der Waals surface area contributed by atoms with Crippen molar-refractivity contribution in [3.05, 3.63) is 87.5 Å². The first-order valence-corrected chi connectivity index (χ1v) is 14.4. The van der Waals surface area contributed by atoms with E-state index in [4.69, 9.17) is 21.9 Å². The largest absolute Gasteiger partial charge is 0.454 e. The second-order valence-electron chi connectivity index (χ2n) is 11.0. The fourth-order valence-corrected chi connectivity index (χ4v) is 7.34. The molecule has 8 nitrogen and oxygen atoms in total. The number of nitrogens with two attached hydrogens (primary N) is 3. The lowest BCUT2D eigenvalue weighted by atomic mass is 9.69. The number of thiophene rings is 1. The molecular weight excluding hydrogens is 541 g/mol. The minimum absolute atomic E-state index is 0.0122. The zero-order valence-corrected chi connectivity index (χ0v) is 23.7. The molecule has 4 aromatic rings. The second-order valence-corrected chi connectivity index (χ2v) is 12.0. The van der Waals surface area contributed by atoms with E-state index < -0.39 is 23.2 Å². The van der Waals surface area contributed by atoms with Crippen LogP contribution >= 0.6 is 11.3 Å². The summed E-state index contributed by atoms with van der Waals surface area (Å²) >= 11 is 1.21. The molecule has 3 unspecified atom stereocenters. The average Bonchev–Trinajstić information content (AvgIpc) is 3.36. The number of aryl methyl sites for hydroxylation is 1. The van der Waals surface area contributed by atoms with Gasteiger partial charge in [0, 0.05) is 29.2 Å². The number of nitrogen functional groups attached to an aromatic ring is 1. The van der Waals surface area contributed by atoms with Gasteiger partial charge in [0.05, 0.1) is 15.6 Å². The summed E-state index contributed by atoms with van der Waals surface area (Å²) in [6, 6.07) is 13.8. The van der Waals surface area contributed by atoms with E-state index in [1.54, 1.807) is 43.3 Å². The number of amides is 1. The van der Waals surface area contributed by atoms with Crippen LogP contribution in [0.1, 0.15) is 50.8 Å². The Morgan fingerprint density at radius 1 is 1.17 bits per heavy atom. The summed E-state index contributed by atoms with van der Waals surface area (Å²) in [7, 11) is 2.02. The first-order chi connectivity index (χ1) is 19.6. The number of nitrogens with zero attached hydrogens (tertiary/aromatic N) is 1. The lowest BCUT2D eigenvalue weighted by Gasteiger charge is -2.37. The summed E-state index contributed by atoms with van der Waals surface area (Å²) < 4.78 is 21.9. The maximum atomic E-state index is 15.5. The SMILES string of the molecule is Cc1cc(Oc2ccccc2)c(F)cc1C1(N)C(=O)C(N)c2c(C(=O)NC3CCCN(C)C3)sc3c(N)ccc1c23. The van der Waals surface area contributed by atoms with Crippen LogP contribution in [0.15, 0.2) is 54.6 Å². The number of benzene rings is 3. The van der Waals surface area contributed by atoms with Crippen molar-refractivity contribution in [3.8, 4) is 11.5 Å². The number of carbonyl (C=O) groups excluding carboxylic acids is 2. The van der Waals surface area contributed by atoms with Crippen molar-refractivity contribution in [2.75, 3.05) is 25.9 Å². The molecule has 1 aliphatic carbocycles. The number of piperidine rings is 1. The number of hydrogen-bond acceptors (Lipinski definition) is 8. The van der Waals surface area contributed by atoms with E-state index in [9.17, 15) is 9.59 Å². The van der Waals surface area contributed by atoms with E-state index in [-0.39, 0.29) is 23.3 Å². The van der Waals surface area contributed by atoms with Gasteiger partial charge < -0.3 is 32.2 Å². The number of nitrogens with one attached hydrogen (secondary N) is 1. The fourth-order valence-electron chi connectivity index (χ4n) is 6.14. The highest BCUT2D eigenvalue weighted by atomic mass is 32.1. The van der Waals surface area contributed by atoms with E-state index >= 15 is 4.39 Å². The molecule has 0 radical (unpaired) electrons. The lowest BCUT2D eigenvalue weighted by Crippen LogP contribution is -2.53. The molecule has 1 fully saturated rings. The Morgan fingerprint density at radius 3 is 2.66 bits per heavy atom. The third kappa shape index (κ3) is 4.47. The van der Waals surface area contributed by atoms with E-state index in [0.29, 0.717) is 43.1 Å². The van der Waals surface area contributed by atoms with Crippen molar-refractivity contribution in [2.45, 2.75) is 37.4 Å². The van der Waals surface area contributed by atoms with Crippen LogP contribution in [0.2, 0.25) is 0 Å². The Balaban J connectivity index is 1.46. The molecule has 3 aromatic carbocycles. The van der Waals surface area contributed by atoms with Crippen LogP contribution in [0.4, 0.5) is 10.1 Å². The maximum Gasteiger partial charge on any atom is 0.262 e. The van der Waals surface area contributed by atoms with E-state index in [1.807, 2.05) is 13.1 Å². The normalized spacial score (nSPS) is 22.6. The lowest BCUT2D eigenvalue weighted by molar-refractivity contribution is -0.124. The van der Waals surface area contributed by atoms with Gasteiger partial charge in [-0.05, 0) is 80.4 Å². The van der Waals surface area contributed by atoms with Crippen LogP contribution < -0.4 is 27.3 Å². The van der Waals surface area contributed by atoms with Crippen LogP contribution in [-0.4, -0.2) is 42.8 Å². The van der Waals surface area contributed by atoms with Crippen LogP contribution in [0.25, 0.3) is 10.1 Å². The Morgan fingerprint density at radius 2 is 1.93 bits per heavy atom. The Hall–Kier alpha value is -3.83. The third-order valence-corrected chi connectivity index (χ3v) is 9.41. The van der Waals surface area contributed by atoms with Crippen molar-refractivity contribution >= 4 is 38.8 Å². The smallest absolute Gasteiger partial charge is 0.262 e. The highest BCUT2D eigenvalue weighted by Gasteiger charge is 2.49. The summed E-state index contributed by atoms with van der Waals surface area (Å²) in [4.78, 5) is 30.2. The Kier molecular flexibility index (Phi) is 6.82. The monoisotopic (exact) mass is 573 g/mol. The molecule has 1 amide bonds. The van der Waals surface area contributed by atoms with Crippen molar-refractivity contribution in [3.63, 3.8) is 0 Å². The first kappa shape index (κ1) is 27.3. The van der Waals surface area contributed by atoms with Gasteiger partial charge in [-0.3, -0.25) is 9.59 Å². The summed E-state index contributed by atoms with van der Waals surface area (Å²) in [6.45, 7) is 3.47. The van der Waals surface area contributed by atoms with Gasteiger partial charge in [-0.25, -0.2) is 4.39 Å². The summed E-state index contributed by atoms with van der Waals surface area (Å²) in [5.74, 6) is -0.990. The minimum atomic E-state index is -1.77. The van der Waals surface area contributed by atoms with Crippen molar-refractivity contribution < 1.29 is 18.7 Å². The zero-order valence-electron chi connectivity index (χ0n) is 22.9. The van der Waals surface area contributed by atoms with Gasteiger partial charge in [-0.1, -0.05) is 24.3 Å². The first-order valence-electron chi connectivity index (χ1n) is 13.6. The molecule has 7 N–H and O–H groups in total. The zero-order chi connectivity index (χ0) is 29.1. The topological polar surface area (TPSA) is 137 Å². The third-order valence-electron chi connectivity index (χ3n) is 8.15. The van der Waals surface area contributed by atoms with E-state index in [1.165, 1.54) is 23.5 Å². The molecule has 1 aromatic heterocycles. The van der Waals surface area contributed by atoms with Crippen LogP contribution in [0, 0.1) is 12.7 Å². The van der Waals surface area contributed by atoms with E-state index in [0.717, 1.165) is 25.9 Å². The predicted molar refractivity (Wildman–Crippen MR) is 159 cm³/mol. The molecule has 1 saturated heterocycles. The van der Waals surface area contributed by atoms with Gasteiger partial charge in [-0.15, -0.1) is 11.3 Å². The van der Waals surface area contributed by atoms with Gasteiger partial charge in [0.15, 0.2) is 17.3 Å². The molecule has 10 heteroatoms. The number of para-hydroxylation sites is 1. The van der Waals surface area contributed by atoms with Gasteiger partial charge in [0.25, 0.3) is 5.91 Å². The summed E-state index contributed by atoms with van der Waals surface area (Å²) in [5.41, 5.74) is 20.3. The second kappa shape index (κ2) is 10.2. The molecule has 2 aliphatic rings. The molecule has 3 atom stereocenters. The Bertz CT molecular complexity index is 1690. The van der Waals surface area contributed by atoms with Crippen molar-refractivity contribution in [1.82, 2.24) is 10.2 Å². The molecule has 6 rings (SSSR count). The van der Waals surface area contributed by atoms with Gasteiger partial charge in [0.1, 0.15) is 11.3 Å².